The Balaban J connectivity index is 1.52. The second-order valence-electron chi connectivity index (χ2n) is 7.32. The van der Waals surface area contributed by atoms with Gasteiger partial charge in [0.1, 0.15) is 0 Å². The summed E-state index contributed by atoms with van der Waals surface area (Å²) in [6, 6.07) is 0.417. The van der Waals surface area contributed by atoms with Crippen molar-refractivity contribution >= 4 is 5.91 Å². The molecular formula is C17H30N2O. The number of carbonyl (C=O) groups excluding carboxylic acids is 1. The summed E-state index contributed by atoms with van der Waals surface area (Å²) >= 11 is 0. The van der Waals surface area contributed by atoms with E-state index in [-0.39, 0.29) is 0 Å². The fourth-order valence-corrected chi connectivity index (χ4v) is 4.53. The van der Waals surface area contributed by atoms with E-state index in [0.717, 1.165) is 37.9 Å². The molecule has 0 aromatic heterocycles. The first kappa shape index (κ1) is 14.4. The van der Waals surface area contributed by atoms with Crippen molar-refractivity contribution in [2.45, 2.75) is 64.3 Å². The molecule has 0 radical (unpaired) electrons. The number of nitrogens with one attached hydrogen (secondary N) is 1. The molecule has 1 amide bonds. The van der Waals surface area contributed by atoms with Gasteiger partial charge in [-0.25, -0.2) is 0 Å². The Kier molecular flexibility index (Phi) is 4.65. The van der Waals surface area contributed by atoms with Gasteiger partial charge in [-0.1, -0.05) is 26.2 Å². The van der Waals surface area contributed by atoms with Gasteiger partial charge in [0.2, 0.25) is 5.91 Å². The summed E-state index contributed by atoms with van der Waals surface area (Å²) in [6.45, 7) is 5.44. The highest BCUT2D eigenvalue weighted by Gasteiger charge is 2.34. The van der Waals surface area contributed by atoms with Crippen molar-refractivity contribution in [1.82, 2.24) is 10.2 Å². The quantitative estimate of drug-likeness (QED) is 0.842. The van der Waals surface area contributed by atoms with E-state index in [0.29, 0.717) is 17.9 Å². The highest BCUT2D eigenvalue weighted by Crippen LogP contribution is 2.36. The molecule has 1 N–H and O–H groups in total. The molecule has 4 unspecified atom stereocenters. The minimum atomic E-state index is 0.403. The molecule has 1 saturated carbocycles. The van der Waals surface area contributed by atoms with Gasteiger partial charge in [0.15, 0.2) is 0 Å². The molecule has 3 fully saturated rings. The van der Waals surface area contributed by atoms with E-state index in [2.05, 4.69) is 17.1 Å². The molecule has 2 aliphatic heterocycles. The zero-order valence-corrected chi connectivity index (χ0v) is 12.9. The average molecular weight is 278 g/mol. The molecule has 2 heterocycles. The topological polar surface area (TPSA) is 32.3 Å². The fourth-order valence-electron chi connectivity index (χ4n) is 4.53. The molecule has 0 bridgehead atoms. The molecular weight excluding hydrogens is 248 g/mol. The van der Waals surface area contributed by atoms with E-state index in [1.165, 1.54) is 44.9 Å². The molecule has 20 heavy (non-hydrogen) atoms. The number of carbonyl (C=O) groups is 1. The number of likely N-dealkylation sites (tertiary alicyclic amines) is 1. The van der Waals surface area contributed by atoms with Crippen LogP contribution >= 0.6 is 0 Å². The monoisotopic (exact) mass is 278 g/mol. The minimum Gasteiger partial charge on any atom is -0.342 e. The highest BCUT2D eigenvalue weighted by molar-refractivity contribution is 5.77. The van der Waals surface area contributed by atoms with Crippen LogP contribution in [0, 0.1) is 17.8 Å². The third-order valence-corrected chi connectivity index (χ3v) is 5.97. The normalized spacial score (nSPS) is 38.4. The minimum absolute atomic E-state index is 0.403. The molecule has 3 aliphatic rings. The zero-order valence-electron chi connectivity index (χ0n) is 12.9. The van der Waals surface area contributed by atoms with Gasteiger partial charge in [0.25, 0.3) is 0 Å². The van der Waals surface area contributed by atoms with Crippen LogP contribution in [0.5, 0.6) is 0 Å². The Labute approximate surface area is 123 Å². The fraction of sp³-hybridized carbons (Fsp3) is 0.941. The largest absolute Gasteiger partial charge is 0.342 e. The molecule has 0 aromatic carbocycles. The summed E-state index contributed by atoms with van der Waals surface area (Å²) in [4.78, 5) is 14.7. The van der Waals surface area contributed by atoms with Gasteiger partial charge in [-0.15, -0.1) is 0 Å². The van der Waals surface area contributed by atoms with Crippen LogP contribution in [0.1, 0.15) is 58.3 Å². The number of fused-ring (bicyclic) bond motifs is 1. The van der Waals surface area contributed by atoms with Crippen LogP contribution < -0.4 is 5.32 Å². The van der Waals surface area contributed by atoms with Crippen molar-refractivity contribution in [3.05, 3.63) is 0 Å². The van der Waals surface area contributed by atoms with Gasteiger partial charge >= 0.3 is 0 Å². The predicted octanol–water partition coefficient (Wildman–Crippen LogP) is 2.80. The molecule has 2 saturated heterocycles. The molecule has 0 spiro atoms. The Morgan fingerprint density at radius 3 is 2.70 bits per heavy atom. The first-order valence-electron chi connectivity index (χ1n) is 8.75. The maximum atomic E-state index is 12.6. The van der Waals surface area contributed by atoms with E-state index in [9.17, 15) is 4.79 Å². The van der Waals surface area contributed by atoms with Crippen molar-refractivity contribution in [2.75, 3.05) is 19.6 Å². The SMILES string of the molecule is CC1CCCNC1CC(=O)N1CCC2CCCCC2C1. The highest BCUT2D eigenvalue weighted by atomic mass is 16.2. The number of hydrogen-bond acceptors (Lipinski definition) is 2. The molecule has 0 aromatic rings. The van der Waals surface area contributed by atoms with Crippen LogP contribution in [0.2, 0.25) is 0 Å². The van der Waals surface area contributed by atoms with E-state index in [1.54, 1.807) is 0 Å². The lowest BCUT2D eigenvalue weighted by Gasteiger charge is -2.42. The van der Waals surface area contributed by atoms with Gasteiger partial charge in [-0.05, 0) is 50.0 Å². The third-order valence-electron chi connectivity index (χ3n) is 5.97. The maximum Gasteiger partial charge on any atom is 0.224 e. The van der Waals surface area contributed by atoms with Crippen LogP contribution in [0.3, 0.4) is 0 Å². The summed E-state index contributed by atoms with van der Waals surface area (Å²) in [5, 5.41) is 3.55. The predicted molar refractivity (Wildman–Crippen MR) is 81.5 cm³/mol. The maximum absolute atomic E-state index is 12.6. The Morgan fingerprint density at radius 1 is 1.10 bits per heavy atom. The van der Waals surface area contributed by atoms with Gasteiger partial charge in [-0.2, -0.15) is 0 Å². The third kappa shape index (κ3) is 3.19. The second-order valence-corrected chi connectivity index (χ2v) is 7.32. The Morgan fingerprint density at radius 2 is 1.90 bits per heavy atom. The average Bonchev–Trinajstić information content (AvgIpc) is 2.49. The number of hydrogen-bond donors (Lipinski definition) is 1. The number of amides is 1. The smallest absolute Gasteiger partial charge is 0.224 e. The summed E-state index contributed by atoms with van der Waals surface area (Å²) in [7, 11) is 0. The molecule has 3 heteroatoms. The van der Waals surface area contributed by atoms with Crippen molar-refractivity contribution in [2.24, 2.45) is 17.8 Å². The first-order chi connectivity index (χ1) is 9.74. The van der Waals surface area contributed by atoms with E-state index >= 15 is 0 Å². The van der Waals surface area contributed by atoms with E-state index < -0.39 is 0 Å². The lowest BCUT2D eigenvalue weighted by Crippen LogP contribution is -2.48. The summed E-state index contributed by atoms with van der Waals surface area (Å²) in [6.07, 6.45) is 10.1. The lowest BCUT2D eigenvalue weighted by molar-refractivity contribution is -0.135. The van der Waals surface area contributed by atoms with Gasteiger partial charge in [0, 0.05) is 25.6 Å². The zero-order chi connectivity index (χ0) is 13.9. The van der Waals surface area contributed by atoms with Gasteiger partial charge < -0.3 is 10.2 Å². The second kappa shape index (κ2) is 6.46. The molecule has 4 atom stereocenters. The van der Waals surface area contributed by atoms with E-state index in [1.807, 2.05) is 0 Å². The van der Waals surface area contributed by atoms with Crippen LogP contribution in [-0.4, -0.2) is 36.5 Å². The van der Waals surface area contributed by atoms with Crippen molar-refractivity contribution in [1.29, 1.82) is 0 Å². The first-order valence-corrected chi connectivity index (χ1v) is 8.75. The Hall–Kier alpha value is -0.570. The van der Waals surface area contributed by atoms with Crippen molar-refractivity contribution < 1.29 is 4.79 Å². The van der Waals surface area contributed by atoms with Crippen LogP contribution in [-0.2, 0) is 4.79 Å². The molecule has 3 nitrogen and oxygen atoms in total. The Bertz CT molecular complexity index is 344. The molecule has 1 aliphatic carbocycles. The summed E-state index contributed by atoms with van der Waals surface area (Å²) in [5.74, 6) is 2.78. The molecule has 3 rings (SSSR count). The van der Waals surface area contributed by atoms with Crippen molar-refractivity contribution in [3.63, 3.8) is 0 Å². The number of rotatable bonds is 2. The summed E-state index contributed by atoms with van der Waals surface area (Å²) in [5.41, 5.74) is 0. The van der Waals surface area contributed by atoms with Crippen molar-refractivity contribution in [3.8, 4) is 0 Å². The number of piperidine rings is 2. The number of nitrogens with zero attached hydrogens (tertiary/aromatic N) is 1. The van der Waals surface area contributed by atoms with Crippen LogP contribution in [0.25, 0.3) is 0 Å². The lowest BCUT2D eigenvalue weighted by atomic mass is 9.75. The van der Waals surface area contributed by atoms with Crippen LogP contribution in [0.4, 0.5) is 0 Å². The molecule has 114 valence electrons. The van der Waals surface area contributed by atoms with Crippen LogP contribution in [0.15, 0.2) is 0 Å². The van der Waals surface area contributed by atoms with Gasteiger partial charge in [0.05, 0.1) is 0 Å². The van der Waals surface area contributed by atoms with Gasteiger partial charge in [-0.3, -0.25) is 4.79 Å². The standard InChI is InChI=1S/C17H30N2O/c1-13-5-4-9-18-16(13)11-17(20)19-10-8-14-6-2-3-7-15(14)12-19/h13-16,18H,2-12H2,1H3. The summed E-state index contributed by atoms with van der Waals surface area (Å²) < 4.78 is 0. The van der Waals surface area contributed by atoms with E-state index in [4.69, 9.17) is 0 Å².